The van der Waals surface area contributed by atoms with Crippen LogP contribution in [0.3, 0.4) is 0 Å². The topological polar surface area (TPSA) is 18.5 Å². The van der Waals surface area contributed by atoms with E-state index >= 15 is 0 Å². The summed E-state index contributed by atoms with van der Waals surface area (Å²) in [6, 6.07) is 21.0. The molecule has 25 heavy (non-hydrogen) atoms. The Morgan fingerprint density at radius 3 is 2.52 bits per heavy atom. The van der Waals surface area contributed by atoms with Gasteiger partial charge in [-0.25, -0.2) is 0 Å². The SMILES string of the molecule is CC1(C)OC[C](c2ccc(Cl)c(Cc3ccc4ccccc4c3)c2)O1. The van der Waals surface area contributed by atoms with Gasteiger partial charge in [-0.15, -0.1) is 0 Å². The highest BCUT2D eigenvalue weighted by atomic mass is 35.5. The van der Waals surface area contributed by atoms with E-state index in [4.69, 9.17) is 21.1 Å². The van der Waals surface area contributed by atoms with E-state index in [0.717, 1.165) is 28.7 Å². The molecule has 3 aromatic carbocycles. The Labute approximate surface area is 153 Å². The summed E-state index contributed by atoms with van der Waals surface area (Å²) in [6.07, 6.45) is 1.65. The van der Waals surface area contributed by atoms with E-state index in [1.165, 1.54) is 16.3 Å². The van der Waals surface area contributed by atoms with Crippen LogP contribution in [-0.4, -0.2) is 12.4 Å². The van der Waals surface area contributed by atoms with Crippen molar-refractivity contribution in [2.75, 3.05) is 6.61 Å². The predicted octanol–water partition coefficient (Wildman–Crippen LogP) is 5.75. The van der Waals surface area contributed by atoms with E-state index in [1.807, 2.05) is 26.0 Å². The molecule has 0 atom stereocenters. The van der Waals surface area contributed by atoms with Crippen LogP contribution in [0.15, 0.2) is 60.7 Å². The lowest BCUT2D eigenvalue weighted by atomic mass is 9.98. The van der Waals surface area contributed by atoms with Crippen LogP contribution in [-0.2, 0) is 15.9 Å². The zero-order valence-electron chi connectivity index (χ0n) is 14.4. The Morgan fingerprint density at radius 2 is 1.76 bits per heavy atom. The second-order valence-corrected chi connectivity index (χ2v) is 7.29. The largest absolute Gasteiger partial charge is 0.347 e. The minimum atomic E-state index is -0.562. The van der Waals surface area contributed by atoms with Crippen molar-refractivity contribution in [2.24, 2.45) is 0 Å². The molecule has 0 aromatic heterocycles. The minimum Gasteiger partial charge on any atom is -0.347 e. The lowest BCUT2D eigenvalue weighted by Crippen LogP contribution is -2.19. The van der Waals surface area contributed by atoms with Crippen LogP contribution >= 0.6 is 11.6 Å². The van der Waals surface area contributed by atoms with Crippen molar-refractivity contribution >= 4 is 22.4 Å². The van der Waals surface area contributed by atoms with Crippen molar-refractivity contribution in [1.82, 2.24) is 0 Å². The van der Waals surface area contributed by atoms with Crippen LogP contribution in [0, 0.1) is 6.10 Å². The first-order valence-corrected chi connectivity index (χ1v) is 8.83. The molecule has 1 heterocycles. The van der Waals surface area contributed by atoms with Crippen molar-refractivity contribution in [1.29, 1.82) is 0 Å². The minimum absolute atomic E-state index is 0.490. The van der Waals surface area contributed by atoms with Crippen molar-refractivity contribution in [3.63, 3.8) is 0 Å². The lowest BCUT2D eigenvalue weighted by molar-refractivity contribution is -0.122. The molecule has 0 bridgehead atoms. The van der Waals surface area contributed by atoms with Gasteiger partial charge in [0.1, 0.15) is 0 Å². The third-order valence-corrected chi connectivity index (χ3v) is 4.86. The van der Waals surface area contributed by atoms with Crippen LogP contribution in [0.25, 0.3) is 10.8 Å². The fraction of sp³-hybridized carbons (Fsp3) is 0.227. The number of halogens is 1. The number of ether oxygens (including phenoxy) is 2. The van der Waals surface area contributed by atoms with Gasteiger partial charge in [0.05, 0.1) is 6.61 Å². The highest BCUT2D eigenvalue weighted by Gasteiger charge is 2.34. The quantitative estimate of drug-likeness (QED) is 0.598. The van der Waals surface area contributed by atoms with Gasteiger partial charge < -0.3 is 9.47 Å². The van der Waals surface area contributed by atoms with E-state index in [-0.39, 0.29) is 0 Å². The molecular weight excluding hydrogens is 332 g/mol. The summed E-state index contributed by atoms with van der Waals surface area (Å²) >= 11 is 6.45. The Morgan fingerprint density at radius 1 is 0.960 bits per heavy atom. The number of fused-ring (bicyclic) bond motifs is 1. The molecule has 1 radical (unpaired) electrons. The standard InChI is InChI=1S/C22H20ClO2/c1-22(2)24-14-21(25-22)18-9-10-20(23)19(13-18)12-15-7-8-16-5-3-4-6-17(16)11-15/h3-11,13H,12,14H2,1-2H3. The summed E-state index contributed by atoms with van der Waals surface area (Å²) < 4.78 is 11.5. The van der Waals surface area contributed by atoms with Gasteiger partial charge in [-0.05, 0) is 53.8 Å². The summed E-state index contributed by atoms with van der Waals surface area (Å²) in [5, 5.41) is 3.27. The van der Waals surface area contributed by atoms with Gasteiger partial charge >= 0.3 is 0 Å². The number of hydrogen-bond donors (Lipinski definition) is 0. The van der Waals surface area contributed by atoms with Gasteiger partial charge in [0, 0.05) is 5.02 Å². The number of benzene rings is 3. The Bertz CT molecular complexity index is 917. The second kappa shape index (κ2) is 6.45. The van der Waals surface area contributed by atoms with Crippen molar-refractivity contribution in [3.8, 4) is 0 Å². The Balaban J connectivity index is 1.62. The van der Waals surface area contributed by atoms with Crippen LogP contribution in [0.4, 0.5) is 0 Å². The van der Waals surface area contributed by atoms with E-state index in [2.05, 4.69) is 48.5 Å². The zero-order valence-corrected chi connectivity index (χ0v) is 15.1. The third-order valence-electron chi connectivity index (χ3n) is 4.50. The molecule has 127 valence electrons. The smallest absolute Gasteiger partial charge is 0.164 e. The molecule has 3 heteroatoms. The summed E-state index contributed by atoms with van der Waals surface area (Å²) in [4.78, 5) is 0. The average Bonchev–Trinajstić information content (AvgIpc) is 2.97. The van der Waals surface area contributed by atoms with E-state index in [1.54, 1.807) is 0 Å². The first-order chi connectivity index (χ1) is 12.0. The first kappa shape index (κ1) is 16.6. The molecule has 0 N–H and O–H groups in total. The van der Waals surface area contributed by atoms with Crippen molar-refractivity contribution in [3.05, 3.63) is 88.5 Å². The third kappa shape index (κ3) is 3.57. The summed E-state index contributed by atoms with van der Waals surface area (Å²) in [5.74, 6) is -0.562. The van der Waals surface area contributed by atoms with E-state index in [9.17, 15) is 0 Å². The van der Waals surface area contributed by atoms with Crippen molar-refractivity contribution < 1.29 is 9.47 Å². The molecule has 1 aliphatic heterocycles. The molecule has 0 spiro atoms. The maximum Gasteiger partial charge on any atom is 0.164 e. The molecule has 0 unspecified atom stereocenters. The number of hydrogen-bond acceptors (Lipinski definition) is 2. The van der Waals surface area contributed by atoms with Gasteiger partial charge in [-0.2, -0.15) is 0 Å². The molecule has 2 nitrogen and oxygen atoms in total. The second-order valence-electron chi connectivity index (χ2n) is 6.88. The molecule has 0 saturated carbocycles. The maximum atomic E-state index is 6.45. The van der Waals surface area contributed by atoms with Gasteiger partial charge in [0.2, 0.25) is 0 Å². The Kier molecular flexibility index (Phi) is 4.28. The van der Waals surface area contributed by atoms with Crippen LogP contribution in [0.5, 0.6) is 0 Å². The molecule has 0 aliphatic carbocycles. The van der Waals surface area contributed by atoms with E-state index < -0.39 is 5.79 Å². The summed E-state index contributed by atoms with van der Waals surface area (Å²) in [6.45, 7) is 4.34. The highest BCUT2D eigenvalue weighted by molar-refractivity contribution is 6.31. The molecule has 1 fully saturated rings. The summed E-state index contributed by atoms with van der Waals surface area (Å²) in [7, 11) is 0. The van der Waals surface area contributed by atoms with Crippen LogP contribution < -0.4 is 0 Å². The van der Waals surface area contributed by atoms with Gasteiger partial charge in [-0.1, -0.05) is 66.2 Å². The lowest BCUT2D eigenvalue weighted by Gasteiger charge is -2.17. The van der Waals surface area contributed by atoms with Gasteiger partial charge in [-0.3, -0.25) is 0 Å². The normalized spacial score (nSPS) is 17.2. The fourth-order valence-electron chi connectivity index (χ4n) is 3.19. The molecule has 4 rings (SSSR count). The molecular formula is C22H20ClO2. The van der Waals surface area contributed by atoms with Crippen LogP contribution in [0.2, 0.25) is 5.02 Å². The fourth-order valence-corrected chi connectivity index (χ4v) is 3.37. The molecule has 1 aliphatic rings. The van der Waals surface area contributed by atoms with E-state index in [0.29, 0.717) is 6.61 Å². The molecule has 1 saturated heterocycles. The summed E-state index contributed by atoms with van der Waals surface area (Å²) in [5.41, 5.74) is 3.37. The zero-order chi connectivity index (χ0) is 17.4. The predicted molar refractivity (Wildman–Crippen MR) is 102 cm³/mol. The highest BCUT2D eigenvalue weighted by Crippen LogP contribution is 2.34. The van der Waals surface area contributed by atoms with Crippen LogP contribution in [0.1, 0.15) is 30.5 Å². The molecule has 0 amide bonds. The first-order valence-electron chi connectivity index (χ1n) is 8.45. The molecule has 3 aromatic rings. The van der Waals surface area contributed by atoms with Gasteiger partial charge in [0.25, 0.3) is 0 Å². The number of rotatable bonds is 3. The Hall–Kier alpha value is -1.87. The van der Waals surface area contributed by atoms with Gasteiger partial charge in [0.15, 0.2) is 11.9 Å². The monoisotopic (exact) mass is 351 g/mol. The van der Waals surface area contributed by atoms with Crippen molar-refractivity contribution in [2.45, 2.75) is 26.1 Å². The average molecular weight is 352 g/mol. The maximum absolute atomic E-state index is 6.45.